The van der Waals surface area contributed by atoms with Gasteiger partial charge in [0.15, 0.2) is 0 Å². The molecule has 1 aliphatic heterocycles. The van der Waals surface area contributed by atoms with E-state index in [4.69, 9.17) is 4.74 Å². The summed E-state index contributed by atoms with van der Waals surface area (Å²) in [5, 5.41) is 13.5. The van der Waals surface area contributed by atoms with Crippen LogP contribution in [0.5, 0.6) is 5.75 Å². The largest absolute Gasteiger partial charge is 0.489 e. The second-order valence-corrected chi connectivity index (χ2v) is 9.30. The lowest BCUT2D eigenvalue weighted by atomic mass is 10.0. The number of rotatable bonds is 8. The molecule has 164 valence electrons. The molecule has 4 rings (SSSR count). The van der Waals surface area contributed by atoms with Gasteiger partial charge >= 0.3 is 0 Å². The lowest BCUT2D eigenvalue weighted by Gasteiger charge is -2.27. The number of ether oxygens (including phenoxy) is 1. The molecule has 8 nitrogen and oxygen atoms in total. The first-order valence-corrected chi connectivity index (χ1v) is 11.6. The monoisotopic (exact) mass is 442 g/mol. The number of nitrogens with zero attached hydrogens (tertiary/aromatic N) is 2. The Morgan fingerprint density at radius 2 is 2.16 bits per heavy atom. The molecule has 1 aromatic carbocycles. The number of benzene rings is 1. The van der Waals surface area contributed by atoms with Crippen LogP contribution in [-0.4, -0.2) is 42.3 Å². The third-order valence-electron chi connectivity index (χ3n) is 5.33. The average Bonchev–Trinajstić information content (AvgIpc) is 3.17. The van der Waals surface area contributed by atoms with E-state index in [1.807, 2.05) is 6.07 Å². The van der Waals surface area contributed by atoms with Gasteiger partial charge in [-0.2, -0.15) is 0 Å². The SMILES string of the molecule is Cn1cccc1NS(=O)(=O)c1ccc2c(c1)CCC(CNCC(O)c1cccnc1)O2. The number of pyridine rings is 1. The molecule has 0 amide bonds. The van der Waals surface area contributed by atoms with Crippen molar-refractivity contribution in [2.75, 3.05) is 17.8 Å². The Morgan fingerprint density at radius 1 is 1.29 bits per heavy atom. The van der Waals surface area contributed by atoms with Gasteiger partial charge in [0.1, 0.15) is 17.7 Å². The summed E-state index contributed by atoms with van der Waals surface area (Å²) in [4.78, 5) is 4.23. The fraction of sp³-hybridized carbons (Fsp3) is 0.318. The zero-order valence-electron chi connectivity index (χ0n) is 17.2. The van der Waals surface area contributed by atoms with Crippen molar-refractivity contribution in [2.24, 2.45) is 7.05 Å². The van der Waals surface area contributed by atoms with Crippen molar-refractivity contribution >= 4 is 15.8 Å². The second-order valence-electron chi connectivity index (χ2n) is 7.62. The number of aryl methyl sites for hydroxylation is 2. The van der Waals surface area contributed by atoms with Gasteiger partial charge in [-0.1, -0.05) is 6.07 Å². The maximum absolute atomic E-state index is 12.7. The summed E-state index contributed by atoms with van der Waals surface area (Å²) in [6.45, 7) is 0.992. The molecule has 0 bridgehead atoms. The molecule has 3 aromatic rings. The topological polar surface area (TPSA) is 105 Å². The lowest BCUT2D eigenvalue weighted by Crippen LogP contribution is -2.36. The molecule has 0 saturated heterocycles. The molecule has 0 aliphatic carbocycles. The average molecular weight is 443 g/mol. The summed E-state index contributed by atoms with van der Waals surface area (Å²) in [6.07, 6.45) is 5.91. The van der Waals surface area contributed by atoms with Gasteiger partial charge in [-0.3, -0.25) is 9.71 Å². The van der Waals surface area contributed by atoms with Crippen molar-refractivity contribution in [1.82, 2.24) is 14.9 Å². The number of hydrogen-bond acceptors (Lipinski definition) is 6. The molecule has 3 N–H and O–H groups in total. The van der Waals surface area contributed by atoms with E-state index in [0.717, 1.165) is 24.0 Å². The molecule has 1 aliphatic rings. The minimum absolute atomic E-state index is 0.0439. The number of nitrogens with one attached hydrogen (secondary N) is 2. The highest BCUT2D eigenvalue weighted by molar-refractivity contribution is 7.92. The number of fused-ring (bicyclic) bond motifs is 1. The minimum Gasteiger partial charge on any atom is -0.489 e. The zero-order valence-corrected chi connectivity index (χ0v) is 18.0. The van der Waals surface area contributed by atoms with E-state index in [0.29, 0.717) is 24.7 Å². The Bertz CT molecular complexity index is 1130. The van der Waals surface area contributed by atoms with E-state index in [1.165, 1.54) is 0 Å². The maximum atomic E-state index is 12.7. The number of sulfonamides is 1. The maximum Gasteiger partial charge on any atom is 0.263 e. The normalized spacial score (nSPS) is 16.9. The number of hydrogen-bond donors (Lipinski definition) is 3. The molecule has 0 saturated carbocycles. The standard InChI is InChI=1S/C22H26N4O4S/c1-26-11-3-5-22(26)25-31(28,29)19-8-9-21-16(12-19)6-7-18(30-21)14-24-15-20(27)17-4-2-10-23-13-17/h2-5,8-13,18,20,24-25,27H,6-7,14-15H2,1H3. The van der Waals surface area contributed by atoms with Crippen LogP contribution in [0.3, 0.4) is 0 Å². The fourth-order valence-corrected chi connectivity index (χ4v) is 4.72. The van der Waals surface area contributed by atoms with Crippen molar-refractivity contribution in [3.63, 3.8) is 0 Å². The lowest BCUT2D eigenvalue weighted by molar-refractivity contribution is 0.146. The molecular formula is C22H26N4O4S. The first-order chi connectivity index (χ1) is 14.9. The van der Waals surface area contributed by atoms with Crippen LogP contribution < -0.4 is 14.8 Å². The van der Waals surface area contributed by atoms with Crippen LogP contribution in [0.2, 0.25) is 0 Å². The van der Waals surface area contributed by atoms with E-state index >= 15 is 0 Å². The predicted octanol–water partition coefficient (Wildman–Crippen LogP) is 2.24. The van der Waals surface area contributed by atoms with Gasteiger partial charge in [0.05, 0.1) is 11.0 Å². The van der Waals surface area contributed by atoms with Crippen LogP contribution in [0.1, 0.15) is 23.7 Å². The van der Waals surface area contributed by atoms with Crippen molar-refractivity contribution in [3.05, 3.63) is 72.2 Å². The van der Waals surface area contributed by atoms with Gasteiger partial charge in [-0.05, 0) is 54.8 Å². The highest BCUT2D eigenvalue weighted by Gasteiger charge is 2.23. The van der Waals surface area contributed by atoms with Crippen molar-refractivity contribution in [2.45, 2.75) is 29.9 Å². The van der Waals surface area contributed by atoms with Crippen LogP contribution >= 0.6 is 0 Å². The highest BCUT2D eigenvalue weighted by Crippen LogP contribution is 2.30. The molecule has 0 fully saturated rings. The molecule has 2 unspecified atom stereocenters. The molecule has 2 aromatic heterocycles. The second kappa shape index (κ2) is 9.09. The van der Waals surface area contributed by atoms with E-state index < -0.39 is 16.1 Å². The fourth-order valence-electron chi connectivity index (χ4n) is 3.57. The quantitative estimate of drug-likeness (QED) is 0.494. The highest BCUT2D eigenvalue weighted by atomic mass is 32.2. The Balaban J connectivity index is 1.34. The van der Waals surface area contributed by atoms with Gasteiger partial charge < -0.3 is 19.7 Å². The first-order valence-electron chi connectivity index (χ1n) is 10.1. The van der Waals surface area contributed by atoms with E-state index in [2.05, 4.69) is 15.0 Å². The van der Waals surface area contributed by atoms with Gasteiger partial charge in [-0.15, -0.1) is 0 Å². The Hall–Kier alpha value is -2.88. The summed E-state index contributed by atoms with van der Waals surface area (Å²) in [7, 11) is -1.89. The third-order valence-corrected chi connectivity index (χ3v) is 6.69. The van der Waals surface area contributed by atoms with Gasteiger partial charge in [-0.25, -0.2) is 8.42 Å². The van der Waals surface area contributed by atoms with Gasteiger partial charge in [0.2, 0.25) is 0 Å². The Morgan fingerprint density at radius 3 is 2.90 bits per heavy atom. The van der Waals surface area contributed by atoms with E-state index in [1.54, 1.807) is 66.6 Å². The molecular weight excluding hydrogens is 416 g/mol. The van der Waals surface area contributed by atoms with Crippen LogP contribution in [0, 0.1) is 0 Å². The van der Waals surface area contributed by atoms with Crippen LogP contribution in [-0.2, 0) is 23.5 Å². The number of anilines is 1. The van der Waals surface area contributed by atoms with Crippen LogP contribution in [0.4, 0.5) is 5.82 Å². The van der Waals surface area contributed by atoms with E-state index in [9.17, 15) is 13.5 Å². The van der Waals surface area contributed by atoms with Gasteiger partial charge in [0, 0.05) is 44.3 Å². The summed E-state index contributed by atoms with van der Waals surface area (Å²) >= 11 is 0. The number of aromatic nitrogens is 2. The van der Waals surface area contributed by atoms with Crippen LogP contribution in [0.15, 0.2) is 66.0 Å². The Labute approximate surface area is 182 Å². The zero-order chi connectivity index (χ0) is 21.8. The molecule has 0 spiro atoms. The smallest absolute Gasteiger partial charge is 0.263 e. The van der Waals surface area contributed by atoms with Crippen molar-refractivity contribution in [1.29, 1.82) is 0 Å². The minimum atomic E-state index is -3.67. The van der Waals surface area contributed by atoms with Gasteiger partial charge in [0.25, 0.3) is 10.0 Å². The molecule has 2 atom stereocenters. The third kappa shape index (κ3) is 5.07. The molecule has 9 heteroatoms. The molecule has 31 heavy (non-hydrogen) atoms. The van der Waals surface area contributed by atoms with Crippen molar-refractivity contribution < 1.29 is 18.3 Å². The summed E-state index contributed by atoms with van der Waals surface area (Å²) in [6, 6.07) is 12.1. The summed E-state index contributed by atoms with van der Waals surface area (Å²) in [5.74, 6) is 1.21. The van der Waals surface area contributed by atoms with Crippen LogP contribution in [0.25, 0.3) is 0 Å². The van der Waals surface area contributed by atoms with E-state index in [-0.39, 0.29) is 11.0 Å². The molecule has 3 heterocycles. The van der Waals surface area contributed by atoms with Crippen molar-refractivity contribution in [3.8, 4) is 5.75 Å². The summed E-state index contributed by atoms with van der Waals surface area (Å²) < 4.78 is 35.8. The predicted molar refractivity (Wildman–Crippen MR) is 117 cm³/mol. The molecule has 0 radical (unpaired) electrons. The number of aliphatic hydroxyl groups is 1. The Kier molecular flexibility index (Phi) is 6.26. The number of aliphatic hydroxyl groups excluding tert-OH is 1. The first kappa shape index (κ1) is 21.4. The summed E-state index contributed by atoms with van der Waals surface area (Å²) in [5.41, 5.74) is 1.64.